The summed E-state index contributed by atoms with van der Waals surface area (Å²) in [5.74, 6) is 2.99. The van der Waals surface area contributed by atoms with Gasteiger partial charge in [0, 0.05) is 33.2 Å². The standard InChI is InChI=1S/C18H23N7O3/c1-23-16(9-25-12-19-11-20-25)21-22-17(23)13-5-7-24(8-6-13)18(26)15-4-3-14(28-15)10-27-2/h3-4,11-13H,5-10H2,1-2H3. The second-order valence-corrected chi connectivity index (χ2v) is 6.89. The molecule has 10 nitrogen and oxygen atoms in total. The molecule has 3 aromatic rings. The highest BCUT2D eigenvalue weighted by Crippen LogP contribution is 2.28. The predicted octanol–water partition coefficient (Wildman–Crippen LogP) is 1.21. The number of likely N-dealkylation sites (tertiary alicyclic amines) is 1. The summed E-state index contributed by atoms with van der Waals surface area (Å²) < 4.78 is 14.3. The molecule has 0 atom stereocenters. The number of nitrogens with zero attached hydrogens (tertiary/aromatic N) is 7. The Morgan fingerprint density at radius 3 is 2.82 bits per heavy atom. The molecule has 0 bridgehead atoms. The lowest BCUT2D eigenvalue weighted by Gasteiger charge is -2.31. The Hall–Kier alpha value is -3.01. The molecule has 0 radical (unpaired) electrons. The quantitative estimate of drug-likeness (QED) is 0.628. The Morgan fingerprint density at radius 1 is 1.29 bits per heavy atom. The molecule has 0 aromatic carbocycles. The molecule has 1 amide bonds. The lowest BCUT2D eigenvalue weighted by molar-refractivity contribution is 0.0671. The van der Waals surface area contributed by atoms with Crippen LogP contribution in [0.3, 0.4) is 0 Å². The second-order valence-electron chi connectivity index (χ2n) is 6.89. The van der Waals surface area contributed by atoms with Gasteiger partial charge in [-0.1, -0.05) is 0 Å². The number of carbonyl (C=O) groups is 1. The van der Waals surface area contributed by atoms with Crippen LogP contribution in [0, 0.1) is 0 Å². The third kappa shape index (κ3) is 3.68. The Bertz CT molecular complexity index is 923. The zero-order valence-electron chi connectivity index (χ0n) is 16.0. The van der Waals surface area contributed by atoms with Crippen molar-refractivity contribution in [2.45, 2.75) is 31.9 Å². The first-order valence-electron chi connectivity index (χ1n) is 9.23. The Kier molecular flexibility index (Phi) is 5.20. The molecule has 1 fully saturated rings. The molecule has 0 aliphatic carbocycles. The molecular formula is C18H23N7O3. The van der Waals surface area contributed by atoms with Crippen LogP contribution < -0.4 is 0 Å². The largest absolute Gasteiger partial charge is 0.453 e. The van der Waals surface area contributed by atoms with Gasteiger partial charge in [0.15, 0.2) is 11.6 Å². The van der Waals surface area contributed by atoms with E-state index in [1.807, 2.05) is 16.5 Å². The summed E-state index contributed by atoms with van der Waals surface area (Å²) in [5, 5.41) is 12.8. The van der Waals surface area contributed by atoms with Gasteiger partial charge in [-0.25, -0.2) is 9.67 Å². The van der Waals surface area contributed by atoms with Crippen molar-refractivity contribution in [3.8, 4) is 0 Å². The third-order valence-corrected chi connectivity index (χ3v) is 5.08. The van der Waals surface area contributed by atoms with E-state index in [0.29, 0.717) is 37.8 Å². The van der Waals surface area contributed by atoms with E-state index in [1.165, 1.54) is 6.33 Å². The van der Waals surface area contributed by atoms with E-state index >= 15 is 0 Å². The first-order valence-corrected chi connectivity index (χ1v) is 9.23. The number of furan rings is 1. The van der Waals surface area contributed by atoms with Crippen molar-refractivity contribution < 1.29 is 13.9 Å². The smallest absolute Gasteiger partial charge is 0.289 e. The number of piperidine rings is 1. The lowest BCUT2D eigenvalue weighted by Crippen LogP contribution is -2.38. The summed E-state index contributed by atoms with van der Waals surface area (Å²) in [5.41, 5.74) is 0. The highest BCUT2D eigenvalue weighted by molar-refractivity contribution is 5.91. The fourth-order valence-corrected chi connectivity index (χ4v) is 3.54. The maximum absolute atomic E-state index is 12.7. The van der Waals surface area contributed by atoms with Gasteiger partial charge in [0.1, 0.15) is 37.4 Å². The minimum absolute atomic E-state index is 0.0781. The third-order valence-electron chi connectivity index (χ3n) is 5.08. The molecule has 4 heterocycles. The fraction of sp³-hybridized carbons (Fsp3) is 0.500. The van der Waals surface area contributed by atoms with Gasteiger partial charge < -0.3 is 18.6 Å². The number of carbonyl (C=O) groups excluding carboxylic acids is 1. The second kappa shape index (κ2) is 7.93. The van der Waals surface area contributed by atoms with Gasteiger partial charge in [-0.15, -0.1) is 10.2 Å². The Labute approximate surface area is 162 Å². The molecule has 10 heteroatoms. The van der Waals surface area contributed by atoms with Gasteiger partial charge in [-0.05, 0) is 25.0 Å². The van der Waals surface area contributed by atoms with Gasteiger partial charge in [0.05, 0.1) is 0 Å². The topological polar surface area (TPSA) is 104 Å². The lowest BCUT2D eigenvalue weighted by atomic mass is 9.95. The van der Waals surface area contributed by atoms with E-state index in [2.05, 4.69) is 20.3 Å². The van der Waals surface area contributed by atoms with Crippen LogP contribution in [0.1, 0.15) is 46.7 Å². The molecule has 0 unspecified atom stereocenters. The summed E-state index contributed by atoms with van der Waals surface area (Å²) in [6, 6.07) is 3.49. The van der Waals surface area contributed by atoms with E-state index in [1.54, 1.807) is 30.3 Å². The molecule has 0 N–H and O–H groups in total. The first-order chi connectivity index (χ1) is 13.7. The maximum atomic E-state index is 12.7. The number of hydrogen-bond donors (Lipinski definition) is 0. The molecule has 1 aliphatic rings. The van der Waals surface area contributed by atoms with Crippen molar-refractivity contribution in [2.75, 3.05) is 20.2 Å². The average Bonchev–Trinajstić information content (AvgIpc) is 3.45. The first kappa shape index (κ1) is 18.4. The molecule has 4 rings (SSSR count). The van der Waals surface area contributed by atoms with Crippen LogP contribution >= 0.6 is 0 Å². The van der Waals surface area contributed by atoms with Crippen molar-refractivity contribution in [3.05, 3.63) is 48.0 Å². The average molecular weight is 385 g/mol. The number of aromatic nitrogens is 6. The van der Waals surface area contributed by atoms with Gasteiger partial charge in [-0.3, -0.25) is 4.79 Å². The molecule has 28 heavy (non-hydrogen) atoms. The van der Waals surface area contributed by atoms with Crippen LogP contribution in [0.25, 0.3) is 0 Å². The summed E-state index contributed by atoms with van der Waals surface area (Å²) in [4.78, 5) is 18.4. The normalized spacial score (nSPS) is 15.3. The van der Waals surface area contributed by atoms with E-state index < -0.39 is 0 Å². The van der Waals surface area contributed by atoms with Gasteiger partial charge in [0.25, 0.3) is 5.91 Å². The summed E-state index contributed by atoms with van der Waals surface area (Å²) in [6.07, 6.45) is 4.84. The molecule has 0 spiro atoms. The molecule has 1 saturated heterocycles. The fourth-order valence-electron chi connectivity index (χ4n) is 3.54. The number of hydrogen-bond acceptors (Lipinski definition) is 7. The van der Waals surface area contributed by atoms with Gasteiger partial charge in [-0.2, -0.15) is 5.10 Å². The van der Waals surface area contributed by atoms with E-state index in [0.717, 1.165) is 24.5 Å². The minimum Gasteiger partial charge on any atom is -0.453 e. The van der Waals surface area contributed by atoms with Crippen molar-refractivity contribution in [1.82, 2.24) is 34.4 Å². The van der Waals surface area contributed by atoms with Crippen molar-refractivity contribution in [3.63, 3.8) is 0 Å². The van der Waals surface area contributed by atoms with E-state index in [4.69, 9.17) is 9.15 Å². The van der Waals surface area contributed by atoms with Crippen molar-refractivity contribution in [2.24, 2.45) is 7.05 Å². The molecule has 1 aliphatic heterocycles. The van der Waals surface area contributed by atoms with Crippen molar-refractivity contribution >= 4 is 5.91 Å². The molecule has 3 aromatic heterocycles. The zero-order chi connectivity index (χ0) is 19.5. The van der Waals surface area contributed by atoms with Crippen LogP contribution in [0.2, 0.25) is 0 Å². The molecule has 148 valence electrons. The predicted molar refractivity (Wildman–Crippen MR) is 97.4 cm³/mol. The monoisotopic (exact) mass is 385 g/mol. The summed E-state index contributed by atoms with van der Waals surface area (Å²) >= 11 is 0. The highest BCUT2D eigenvalue weighted by atomic mass is 16.5. The Morgan fingerprint density at radius 2 is 2.11 bits per heavy atom. The SMILES string of the molecule is COCc1ccc(C(=O)N2CCC(c3nnc(Cn4cncn4)n3C)CC2)o1. The van der Waals surface area contributed by atoms with E-state index in [9.17, 15) is 4.79 Å². The number of methoxy groups -OCH3 is 1. The number of rotatable bonds is 6. The zero-order valence-corrected chi connectivity index (χ0v) is 16.0. The minimum atomic E-state index is -0.0781. The van der Waals surface area contributed by atoms with Gasteiger partial charge in [0.2, 0.25) is 0 Å². The van der Waals surface area contributed by atoms with Crippen LogP contribution in [0.4, 0.5) is 0 Å². The van der Waals surface area contributed by atoms with Crippen LogP contribution in [0.5, 0.6) is 0 Å². The maximum Gasteiger partial charge on any atom is 0.289 e. The number of ether oxygens (including phenoxy) is 1. The van der Waals surface area contributed by atoms with Gasteiger partial charge >= 0.3 is 0 Å². The summed E-state index contributed by atoms with van der Waals surface area (Å²) in [7, 11) is 3.57. The van der Waals surface area contributed by atoms with Crippen LogP contribution in [-0.4, -0.2) is 60.5 Å². The van der Waals surface area contributed by atoms with Crippen LogP contribution in [-0.2, 0) is 24.9 Å². The van der Waals surface area contributed by atoms with Crippen molar-refractivity contribution in [1.29, 1.82) is 0 Å². The summed E-state index contributed by atoms with van der Waals surface area (Å²) in [6.45, 7) is 2.21. The number of amides is 1. The highest BCUT2D eigenvalue weighted by Gasteiger charge is 2.29. The molecule has 0 saturated carbocycles. The van der Waals surface area contributed by atoms with E-state index in [-0.39, 0.29) is 11.8 Å². The van der Waals surface area contributed by atoms with Crippen LogP contribution in [0.15, 0.2) is 29.2 Å². The molecular weight excluding hydrogens is 362 g/mol. The Balaban J connectivity index is 1.37.